The van der Waals surface area contributed by atoms with Crippen LogP contribution in [0, 0.1) is 0 Å². The van der Waals surface area contributed by atoms with Crippen LogP contribution in [-0.2, 0) is 9.53 Å². The molecular formula is C22H29N5O3S. The smallest absolute Gasteiger partial charge is 0.230 e. The van der Waals surface area contributed by atoms with Crippen molar-refractivity contribution in [1.29, 1.82) is 0 Å². The molecule has 8 nitrogen and oxygen atoms in total. The highest BCUT2D eigenvalue weighted by Gasteiger charge is 2.20. The largest absolute Gasteiger partial charge is 0.497 e. The number of carbonyl (C=O) groups is 1. The Kier molecular flexibility index (Phi) is 7.48. The Morgan fingerprint density at radius 1 is 1.23 bits per heavy atom. The number of ether oxygens (including phenoxy) is 2. The van der Waals surface area contributed by atoms with Gasteiger partial charge >= 0.3 is 0 Å². The maximum absolute atomic E-state index is 12.1. The Bertz CT molecular complexity index is 870. The van der Waals surface area contributed by atoms with Crippen LogP contribution in [0.4, 0.5) is 11.5 Å². The van der Waals surface area contributed by atoms with Gasteiger partial charge in [0, 0.05) is 57.2 Å². The van der Waals surface area contributed by atoms with Crippen LogP contribution >= 0.6 is 11.8 Å². The van der Waals surface area contributed by atoms with Gasteiger partial charge in [-0.05, 0) is 25.0 Å². The summed E-state index contributed by atoms with van der Waals surface area (Å²) in [5.41, 5.74) is 1.17. The average Bonchev–Trinajstić information content (AvgIpc) is 3.35. The van der Waals surface area contributed by atoms with Gasteiger partial charge in [0.2, 0.25) is 5.91 Å². The van der Waals surface area contributed by atoms with Crippen molar-refractivity contribution in [3.8, 4) is 5.75 Å². The lowest BCUT2D eigenvalue weighted by Gasteiger charge is -2.36. The predicted octanol–water partition coefficient (Wildman–Crippen LogP) is 2.20. The molecule has 1 atom stereocenters. The van der Waals surface area contributed by atoms with E-state index >= 15 is 0 Å². The maximum atomic E-state index is 12.1. The van der Waals surface area contributed by atoms with Crippen LogP contribution in [0.5, 0.6) is 5.75 Å². The zero-order chi connectivity index (χ0) is 21.5. The summed E-state index contributed by atoms with van der Waals surface area (Å²) >= 11 is 1.44. The number of hydrogen-bond acceptors (Lipinski definition) is 8. The molecule has 2 fully saturated rings. The lowest BCUT2D eigenvalue weighted by atomic mass is 10.2. The predicted molar refractivity (Wildman–Crippen MR) is 122 cm³/mol. The van der Waals surface area contributed by atoms with Crippen LogP contribution in [0.15, 0.2) is 41.7 Å². The van der Waals surface area contributed by atoms with Gasteiger partial charge in [-0.2, -0.15) is 0 Å². The molecule has 4 rings (SSSR count). The highest BCUT2D eigenvalue weighted by Crippen LogP contribution is 2.24. The van der Waals surface area contributed by atoms with Crippen molar-refractivity contribution >= 4 is 29.2 Å². The molecule has 2 aliphatic rings. The van der Waals surface area contributed by atoms with Gasteiger partial charge in [0.25, 0.3) is 0 Å². The molecule has 0 unspecified atom stereocenters. The Morgan fingerprint density at radius 2 is 2.06 bits per heavy atom. The van der Waals surface area contributed by atoms with Crippen LogP contribution in [-0.4, -0.2) is 74.2 Å². The summed E-state index contributed by atoms with van der Waals surface area (Å²) in [5.74, 6) is 2.12. The summed E-state index contributed by atoms with van der Waals surface area (Å²) in [7, 11) is 1.69. The summed E-state index contributed by atoms with van der Waals surface area (Å²) < 4.78 is 10.9. The monoisotopic (exact) mass is 443 g/mol. The molecule has 3 heterocycles. The molecule has 1 N–H and O–H groups in total. The first-order valence-corrected chi connectivity index (χ1v) is 11.7. The van der Waals surface area contributed by atoms with E-state index in [-0.39, 0.29) is 12.0 Å². The van der Waals surface area contributed by atoms with Crippen LogP contribution in [0.25, 0.3) is 0 Å². The maximum Gasteiger partial charge on any atom is 0.230 e. The Morgan fingerprint density at radius 3 is 2.84 bits per heavy atom. The zero-order valence-electron chi connectivity index (χ0n) is 17.8. The number of nitrogens with zero attached hydrogens (tertiary/aromatic N) is 4. The van der Waals surface area contributed by atoms with Crippen molar-refractivity contribution < 1.29 is 14.3 Å². The van der Waals surface area contributed by atoms with Crippen LogP contribution in [0.3, 0.4) is 0 Å². The molecule has 0 saturated carbocycles. The van der Waals surface area contributed by atoms with E-state index in [0.29, 0.717) is 12.3 Å². The third-order valence-electron chi connectivity index (χ3n) is 5.55. The standard InChI is InChI=1S/C22H29N5O3S/c1-29-18-5-2-4-17(12-18)26-7-9-27(10-8-26)20-13-22(25-16-24-20)31-15-21(28)23-14-19-6-3-11-30-19/h2,4-5,12-13,16,19H,3,6-11,14-15H2,1H3,(H,23,28)/t19-/m1/s1. The summed E-state index contributed by atoms with van der Waals surface area (Å²) in [6.45, 7) is 4.95. The van der Waals surface area contributed by atoms with Gasteiger partial charge in [-0.25, -0.2) is 9.97 Å². The number of methoxy groups -OCH3 is 1. The molecule has 0 spiro atoms. The van der Waals surface area contributed by atoms with E-state index in [0.717, 1.165) is 62.2 Å². The minimum atomic E-state index is 0.00701. The first kappa shape index (κ1) is 21.7. The lowest BCUT2D eigenvalue weighted by molar-refractivity contribution is -0.119. The van der Waals surface area contributed by atoms with Gasteiger partial charge in [0.15, 0.2) is 0 Å². The number of benzene rings is 1. The number of hydrogen-bond donors (Lipinski definition) is 1. The normalized spacial score (nSPS) is 18.8. The van der Waals surface area contributed by atoms with E-state index in [9.17, 15) is 4.79 Å². The van der Waals surface area contributed by atoms with Crippen molar-refractivity contribution in [3.63, 3.8) is 0 Å². The molecule has 166 valence electrons. The molecule has 2 aliphatic heterocycles. The lowest BCUT2D eigenvalue weighted by Crippen LogP contribution is -2.46. The van der Waals surface area contributed by atoms with Crippen molar-refractivity contribution in [2.45, 2.75) is 24.0 Å². The molecule has 2 aromatic rings. The molecule has 1 aromatic heterocycles. The molecule has 0 radical (unpaired) electrons. The molecule has 0 aliphatic carbocycles. The van der Waals surface area contributed by atoms with Gasteiger partial charge in [0.1, 0.15) is 22.9 Å². The van der Waals surface area contributed by atoms with E-state index in [1.165, 1.54) is 17.4 Å². The second-order valence-electron chi connectivity index (χ2n) is 7.62. The van der Waals surface area contributed by atoms with E-state index in [4.69, 9.17) is 9.47 Å². The fourth-order valence-corrected chi connectivity index (χ4v) is 4.50. The molecule has 2 saturated heterocycles. The van der Waals surface area contributed by atoms with E-state index in [1.54, 1.807) is 13.4 Å². The first-order valence-electron chi connectivity index (χ1n) is 10.7. The quantitative estimate of drug-likeness (QED) is 0.491. The molecule has 1 amide bonds. The summed E-state index contributed by atoms with van der Waals surface area (Å²) in [6.07, 6.45) is 3.84. The minimum Gasteiger partial charge on any atom is -0.497 e. The number of aromatic nitrogens is 2. The van der Waals surface area contributed by atoms with Crippen molar-refractivity contribution in [2.24, 2.45) is 0 Å². The zero-order valence-corrected chi connectivity index (χ0v) is 18.6. The van der Waals surface area contributed by atoms with Gasteiger partial charge in [0.05, 0.1) is 19.0 Å². The van der Waals surface area contributed by atoms with Crippen LogP contribution in [0.1, 0.15) is 12.8 Å². The number of thioether (sulfide) groups is 1. The second-order valence-corrected chi connectivity index (χ2v) is 8.61. The van der Waals surface area contributed by atoms with Gasteiger partial charge in [-0.1, -0.05) is 17.8 Å². The SMILES string of the molecule is COc1cccc(N2CCN(c3cc(SCC(=O)NC[C@H]4CCCO4)ncn3)CC2)c1. The minimum absolute atomic E-state index is 0.00701. The second kappa shape index (κ2) is 10.7. The summed E-state index contributed by atoms with van der Waals surface area (Å²) in [6, 6.07) is 10.1. The van der Waals surface area contributed by atoms with Gasteiger partial charge in [-0.15, -0.1) is 0 Å². The molecule has 1 aromatic carbocycles. The van der Waals surface area contributed by atoms with Crippen molar-refractivity contribution in [2.75, 3.05) is 62.0 Å². The average molecular weight is 444 g/mol. The third kappa shape index (κ3) is 6.01. The topological polar surface area (TPSA) is 79.8 Å². The summed E-state index contributed by atoms with van der Waals surface area (Å²) in [5, 5.41) is 3.76. The Labute approximate surface area is 187 Å². The first-order chi connectivity index (χ1) is 15.2. The number of nitrogens with one attached hydrogen (secondary N) is 1. The Balaban J connectivity index is 1.26. The van der Waals surface area contributed by atoms with E-state index in [1.807, 2.05) is 18.2 Å². The molecule has 31 heavy (non-hydrogen) atoms. The molecule has 0 bridgehead atoms. The van der Waals surface area contributed by atoms with E-state index < -0.39 is 0 Å². The number of rotatable bonds is 8. The van der Waals surface area contributed by atoms with Crippen LogP contribution in [0.2, 0.25) is 0 Å². The van der Waals surface area contributed by atoms with E-state index in [2.05, 4.69) is 37.2 Å². The Hall–Kier alpha value is -2.52. The summed E-state index contributed by atoms with van der Waals surface area (Å²) in [4.78, 5) is 25.5. The fourth-order valence-electron chi connectivity index (χ4n) is 3.81. The van der Waals surface area contributed by atoms with Gasteiger partial charge in [-0.3, -0.25) is 4.79 Å². The van der Waals surface area contributed by atoms with Crippen molar-refractivity contribution in [3.05, 3.63) is 36.7 Å². The van der Waals surface area contributed by atoms with Gasteiger partial charge < -0.3 is 24.6 Å². The van der Waals surface area contributed by atoms with Crippen molar-refractivity contribution in [1.82, 2.24) is 15.3 Å². The third-order valence-corrected chi connectivity index (χ3v) is 6.48. The van der Waals surface area contributed by atoms with Crippen LogP contribution < -0.4 is 19.9 Å². The number of carbonyl (C=O) groups excluding carboxylic acids is 1. The number of amides is 1. The number of piperazine rings is 1. The highest BCUT2D eigenvalue weighted by molar-refractivity contribution is 7.99. The highest BCUT2D eigenvalue weighted by atomic mass is 32.2. The molecular weight excluding hydrogens is 414 g/mol. The molecule has 9 heteroatoms. The fraction of sp³-hybridized carbons (Fsp3) is 0.500. The number of anilines is 2.